The fourth-order valence-corrected chi connectivity index (χ4v) is 4.27. The summed E-state index contributed by atoms with van der Waals surface area (Å²) < 4.78 is 7.82. The van der Waals surface area contributed by atoms with Crippen LogP contribution in [-0.4, -0.2) is 36.3 Å². The maximum absolute atomic E-state index is 12.8. The van der Waals surface area contributed by atoms with Crippen molar-refractivity contribution in [3.8, 4) is 6.07 Å². The highest BCUT2D eigenvalue weighted by atomic mass is 16.5. The number of ether oxygens (including phenoxy) is 1. The van der Waals surface area contributed by atoms with Gasteiger partial charge in [-0.05, 0) is 50.3 Å². The van der Waals surface area contributed by atoms with Gasteiger partial charge >= 0.3 is 0 Å². The molecule has 1 saturated heterocycles. The quantitative estimate of drug-likeness (QED) is 0.868. The summed E-state index contributed by atoms with van der Waals surface area (Å²) in [7, 11) is 0. The van der Waals surface area contributed by atoms with E-state index < -0.39 is 0 Å². The molecule has 1 aromatic heterocycles. The van der Waals surface area contributed by atoms with Crippen molar-refractivity contribution in [2.24, 2.45) is 0 Å². The molecule has 0 bridgehead atoms. The Bertz CT molecular complexity index is 935. The van der Waals surface area contributed by atoms with Crippen molar-refractivity contribution in [3.05, 3.63) is 46.6 Å². The Morgan fingerprint density at radius 2 is 2.18 bits per heavy atom. The molecule has 0 spiro atoms. The van der Waals surface area contributed by atoms with Crippen molar-refractivity contribution < 1.29 is 9.53 Å². The van der Waals surface area contributed by atoms with Gasteiger partial charge in [0.2, 0.25) is 5.91 Å². The number of anilines is 2. The van der Waals surface area contributed by atoms with E-state index in [9.17, 15) is 10.1 Å². The molecule has 146 valence electrons. The Labute approximate surface area is 165 Å². The number of fused-ring (bicyclic) bond motifs is 1. The second-order valence-corrected chi connectivity index (χ2v) is 7.64. The molecule has 0 radical (unpaired) electrons. The monoisotopic (exact) mass is 378 g/mol. The fourth-order valence-electron chi connectivity index (χ4n) is 4.27. The van der Waals surface area contributed by atoms with Crippen molar-refractivity contribution in [2.75, 3.05) is 29.9 Å². The molecular weight excluding hydrogens is 352 g/mol. The summed E-state index contributed by atoms with van der Waals surface area (Å²) in [6.45, 7) is 6.50. The number of carbonyl (C=O) groups is 1. The molecule has 1 N–H and O–H groups in total. The lowest BCUT2D eigenvalue weighted by atomic mass is 10.2. The molecule has 0 aliphatic carbocycles. The maximum atomic E-state index is 12.8. The Morgan fingerprint density at radius 3 is 2.93 bits per heavy atom. The number of aromatic nitrogens is 1. The first-order valence-electron chi connectivity index (χ1n) is 9.92. The Morgan fingerprint density at radius 1 is 1.36 bits per heavy atom. The zero-order valence-corrected chi connectivity index (χ0v) is 16.5. The van der Waals surface area contributed by atoms with Gasteiger partial charge in [0.05, 0.1) is 24.8 Å². The van der Waals surface area contributed by atoms with Crippen LogP contribution >= 0.6 is 0 Å². The Hall–Kier alpha value is -2.78. The zero-order chi connectivity index (χ0) is 19.7. The van der Waals surface area contributed by atoms with Crippen molar-refractivity contribution in [1.82, 2.24) is 4.57 Å². The minimum atomic E-state index is -0.0979. The van der Waals surface area contributed by atoms with Gasteiger partial charge in [-0.25, -0.2) is 0 Å². The lowest BCUT2D eigenvalue weighted by molar-refractivity contribution is -0.115. The summed E-state index contributed by atoms with van der Waals surface area (Å²) in [6.07, 6.45) is 3.17. The number of rotatable bonds is 5. The molecule has 6 nitrogen and oxygen atoms in total. The van der Waals surface area contributed by atoms with Gasteiger partial charge in [-0.1, -0.05) is 18.2 Å². The minimum absolute atomic E-state index is 0.0979. The van der Waals surface area contributed by atoms with Crippen LogP contribution in [0.3, 0.4) is 0 Å². The van der Waals surface area contributed by atoms with Gasteiger partial charge in [0, 0.05) is 24.5 Å². The number of benzene rings is 1. The fraction of sp³-hybridized carbons (Fsp3) is 0.455. The molecule has 0 saturated carbocycles. The first kappa shape index (κ1) is 18.6. The van der Waals surface area contributed by atoms with E-state index >= 15 is 0 Å². The van der Waals surface area contributed by atoms with Crippen LogP contribution in [0.2, 0.25) is 0 Å². The lowest BCUT2D eigenvalue weighted by Gasteiger charge is -2.20. The maximum Gasteiger partial charge on any atom is 0.245 e. The lowest BCUT2D eigenvalue weighted by Crippen LogP contribution is -2.33. The molecule has 2 aliphatic heterocycles. The molecule has 2 aliphatic rings. The van der Waals surface area contributed by atoms with E-state index in [-0.39, 0.29) is 18.6 Å². The van der Waals surface area contributed by atoms with E-state index in [2.05, 4.69) is 28.4 Å². The molecule has 1 aromatic carbocycles. The minimum Gasteiger partial charge on any atom is -0.376 e. The van der Waals surface area contributed by atoms with Crippen LogP contribution in [-0.2, 0) is 22.5 Å². The third-order valence-corrected chi connectivity index (χ3v) is 5.93. The van der Waals surface area contributed by atoms with E-state index in [1.165, 1.54) is 5.56 Å². The summed E-state index contributed by atoms with van der Waals surface area (Å²) in [5, 5.41) is 12.7. The zero-order valence-electron chi connectivity index (χ0n) is 16.5. The van der Waals surface area contributed by atoms with Gasteiger partial charge in [-0.3, -0.25) is 4.79 Å². The molecule has 4 rings (SSSR count). The molecule has 1 atom stereocenters. The predicted octanol–water partition coefficient (Wildman–Crippen LogP) is 3.16. The third kappa shape index (κ3) is 3.38. The van der Waals surface area contributed by atoms with Gasteiger partial charge in [-0.2, -0.15) is 5.26 Å². The predicted molar refractivity (Wildman–Crippen MR) is 109 cm³/mol. The summed E-state index contributed by atoms with van der Waals surface area (Å²) in [5.41, 5.74) is 4.88. The average Bonchev–Trinajstić information content (AvgIpc) is 3.39. The number of para-hydroxylation sites is 1. The number of carbonyl (C=O) groups excluding carboxylic acids is 1. The SMILES string of the molecule is Cc1c(C#N)c(NC(=O)CN2CCc3ccccc32)n(C[C@@H]2CCCO2)c1C. The number of hydrogen-bond acceptors (Lipinski definition) is 4. The topological polar surface area (TPSA) is 70.3 Å². The van der Waals surface area contributed by atoms with E-state index in [1.54, 1.807) is 0 Å². The molecule has 2 aromatic rings. The molecule has 6 heteroatoms. The molecular formula is C22H26N4O2. The van der Waals surface area contributed by atoms with E-state index in [0.29, 0.717) is 17.9 Å². The summed E-state index contributed by atoms with van der Waals surface area (Å²) >= 11 is 0. The van der Waals surface area contributed by atoms with Crippen molar-refractivity contribution in [3.63, 3.8) is 0 Å². The van der Waals surface area contributed by atoms with Gasteiger partial charge in [0.1, 0.15) is 11.9 Å². The normalized spacial score (nSPS) is 18.2. The van der Waals surface area contributed by atoms with Gasteiger partial charge in [0.15, 0.2) is 0 Å². The standard InChI is InChI=1S/C22H26N4O2/c1-15-16(2)26(13-18-7-5-11-28-18)22(19(15)12-23)24-21(27)14-25-10-9-17-6-3-4-8-20(17)25/h3-4,6,8,18H,5,7,9-11,13-14H2,1-2H3,(H,24,27)/t18-/m0/s1. The second-order valence-electron chi connectivity index (χ2n) is 7.64. The highest BCUT2D eigenvalue weighted by molar-refractivity contribution is 5.95. The Balaban J connectivity index is 1.54. The van der Waals surface area contributed by atoms with Gasteiger partial charge < -0.3 is 19.5 Å². The highest BCUT2D eigenvalue weighted by Gasteiger charge is 2.25. The third-order valence-electron chi connectivity index (χ3n) is 5.93. The highest BCUT2D eigenvalue weighted by Crippen LogP contribution is 2.30. The first-order valence-corrected chi connectivity index (χ1v) is 9.92. The number of nitriles is 1. The van der Waals surface area contributed by atoms with Crippen LogP contribution in [0.4, 0.5) is 11.5 Å². The van der Waals surface area contributed by atoms with E-state index in [1.807, 2.05) is 30.5 Å². The molecule has 1 fully saturated rings. The molecule has 1 amide bonds. The first-order chi connectivity index (χ1) is 13.6. The number of amides is 1. The largest absolute Gasteiger partial charge is 0.376 e. The summed E-state index contributed by atoms with van der Waals surface area (Å²) in [6, 6.07) is 10.5. The summed E-state index contributed by atoms with van der Waals surface area (Å²) in [4.78, 5) is 15.0. The molecule has 28 heavy (non-hydrogen) atoms. The van der Waals surface area contributed by atoms with Crippen molar-refractivity contribution >= 4 is 17.4 Å². The van der Waals surface area contributed by atoms with Gasteiger partial charge in [-0.15, -0.1) is 0 Å². The van der Waals surface area contributed by atoms with Crippen molar-refractivity contribution in [1.29, 1.82) is 5.26 Å². The average molecular weight is 378 g/mol. The number of hydrogen-bond donors (Lipinski definition) is 1. The smallest absolute Gasteiger partial charge is 0.245 e. The second kappa shape index (κ2) is 7.69. The number of nitrogens with zero attached hydrogens (tertiary/aromatic N) is 3. The van der Waals surface area contributed by atoms with Crippen LogP contribution < -0.4 is 10.2 Å². The van der Waals surface area contributed by atoms with Crippen molar-refractivity contribution in [2.45, 2.75) is 45.8 Å². The van der Waals surface area contributed by atoms with E-state index in [0.717, 1.165) is 49.4 Å². The van der Waals surface area contributed by atoms with Crippen LogP contribution in [0.15, 0.2) is 24.3 Å². The van der Waals surface area contributed by atoms with Crippen LogP contribution in [0.1, 0.15) is 35.2 Å². The summed E-state index contributed by atoms with van der Waals surface area (Å²) in [5.74, 6) is 0.504. The van der Waals surface area contributed by atoms with Crippen LogP contribution in [0.5, 0.6) is 0 Å². The van der Waals surface area contributed by atoms with Crippen LogP contribution in [0, 0.1) is 25.2 Å². The van der Waals surface area contributed by atoms with Gasteiger partial charge in [0.25, 0.3) is 0 Å². The molecule has 0 unspecified atom stereocenters. The number of nitrogens with one attached hydrogen (secondary N) is 1. The molecule has 3 heterocycles. The Kier molecular flexibility index (Phi) is 5.10. The van der Waals surface area contributed by atoms with Crippen LogP contribution in [0.25, 0.3) is 0 Å². The van der Waals surface area contributed by atoms with E-state index in [4.69, 9.17) is 4.74 Å².